The van der Waals surface area contributed by atoms with Crippen molar-refractivity contribution in [3.8, 4) is 11.3 Å². The van der Waals surface area contributed by atoms with Crippen molar-refractivity contribution >= 4 is 28.6 Å². The molecule has 7 heteroatoms. The zero-order valence-electron chi connectivity index (χ0n) is 14.5. The molecule has 6 nitrogen and oxygen atoms in total. The Morgan fingerprint density at radius 2 is 2.08 bits per heavy atom. The van der Waals surface area contributed by atoms with E-state index < -0.39 is 0 Å². The second kappa shape index (κ2) is 7.76. The Hall–Kier alpha value is -2.25. The van der Waals surface area contributed by atoms with E-state index in [0.717, 1.165) is 27.3 Å². The van der Waals surface area contributed by atoms with Crippen LogP contribution < -0.4 is 0 Å². The monoisotopic (exact) mass is 359 g/mol. The number of hydrogen-bond donors (Lipinski definition) is 1. The van der Waals surface area contributed by atoms with Gasteiger partial charge in [-0.3, -0.25) is 0 Å². The third kappa shape index (κ3) is 3.43. The summed E-state index contributed by atoms with van der Waals surface area (Å²) in [5.74, 6) is -0.376. The minimum atomic E-state index is -0.376. The van der Waals surface area contributed by atoms with Crippen molar-refractivity contribution in [2.45, 2.75) is 25.7 Å². The number of esters is 1. The van der Waals surface area contributed by atoms with Crippen LogP contribution in [0.25, 0.3) is 22.2 Å². The average Bonchev–Trinajstić information content (AvgIpc) is 3.20. The molecular weight excluding hydrogens is 338 g/mol. The van der Waals surface area contributed by atoms with E-state index in [1.807, 2.05) is 48.2 Å². The number of rotatable bonds is 7. The summed E-state index contributed by atoms with van der Waals surface area (Å²) >= 11 is 1.54. The normalized spacial score (nSPS) is 11.2. The third-order valence-corrected chi connectivity index (χ3v) is 4.49. The molecule has 3 aromatic rings. The number of carbonyl (C=O) groups excluding carboxylic acids is 1. The van der Waals surface area contributed by atoms with E-state index in [1.54, 1.807) is 6.92 Å². The molecule has 2 heterocycles. The van der Waals surface area contributed by atoms with Crippen molar-refractivity contribution in [2.24, 2.45) is 0 Å². The fraction of sp³-hybridized carbons (Fsp3) is 0.333. The first-order valence-corrected chi connectivity index (χ1v) is 9.39. The third-order valence-electron chi connectivity index (χ3n) is 3.80. The summed E-state index contributed by atoms with van der Waals surface area (Å²) < 4.78 is 12.7. The summed E-state index contributed by atoms with van der Waals surface area (Å²) in [4.78, 5) is 20.3. The van der Waals surface area contributed by atoms with E-state index in [4.69, 9.17) is 14.5 Å². The molecule has 0 amide bonds. The van der Waals surface area contributed by atoms with Crippen molar-refractivity contribution in [1.29, 1.82) is 0 Å². The van der Waals surface area contributed by atoms with Gasteiger partial charge in [0.25, 0.3) is 0 Å². The van der Waals surface area contributed by atoms with Gasteiger partial charge in [-0.25, -0.2) is 9.78 Å². The molecule has 0 saturated carbocycles. The van der Waals surface area contributed by atoms with Crippen LogP contribution in [-0.2, 0) is 16.2 Å². The lowest BCUT2D eigenvalue weighted by atomic mass is 10.1. The average molecular weight is 359 g/mol. The molecule has 1 aromatic carbocycles. The predicted octanol–water partition coefficient (Wildman–Crippen LogP) is 3.92. The minimum Gasteiger partial charge on any atom is -0.461 e. The molecule has 0 aliphatic rings. The Morgan fingerprint density at radius 3 is 2.80 bits per heavy atom. The molecule has 0 spiro atoms. The van der Waals surface area contributed by atoms with Crippen LogP contribution in [0.3, 0.4) is 0 Å². The maximum Gasteiger partial charge on any atom is 0.355 e. The molecule has 0 radical (unpaired) electrons. The largest absolute Gasteiger partial charge is 0.461 e. The molecule has 0 fully saturated rings. The molecule has 0 aliphatic carbocycles. The summed E-state index contributed by atoms with van der Waals surface area (Å²) in [6.45, 7) is 5.12. The molecule has 2 aromatic heterocycles. The number of para-hydroxylation sites is 1. The number of imidazole rings is 1. The summed E-state index contributed by atoms with van der Waals surface area (Å²) in [5, 5.41) is 1.78. The maximum atomic E-state index is 12.4. The van der Waals surface area contributed by atoms with E-state index in [2.05, 4.69) is 4.98 Å². The van der Waals surface area contributed by atoms with Gasteiger partial charge < -0.3 is 19.0 Å². The first-order valence-electron chi connectivity index (χ1n) is 8.16. The van der Waals surface area contributed by atoms with E-state index in [0.29, 0.717) is 25.6 Å². The van der Waals surface area contributed by atoms with Crippen molar-refractivity contribution < 1.29 is 14.3 Å². The van der Waals surface area contributed by atoms with Crippen LogP contribution in [0.15, 0.2) is 35.6 Å². The van der Waals surface area contributed by atoms with Crippen LogP contribution in [0.2, 0.25) is 0 Å². The molecule has 0 unspecified atom stereocenters. The zero-order chi connectivity index (χ0) is 17.8. The molecule has 25 heavy (non-hydrogen) atoms. The number of ether oxygens (including phenoxy) is 2. The highest BCUT2D eigenvalue weighted by Gasteiger charge is 2.22. The number of nitrogens with zero attached hydrogens (tertiary/aromatic N) is 2. The van der Waals surface area contributed by atoms with Gasteiger partial charge in [0.15, 0.2) is 5.16 Å². The van der Waals surface area contributed by atoms with Gasteiger partial charge in [0.2, 0.25) is 0 Å². The van der Waals surface area contributed by atoms with Crippen molar-refractivity contribution in [3.05, 3.63) is 36.2 Å². The predicted molar refractivity (Wildman–Crippen MR) is 98.9 cm³/mol. The Balaban J connectivity index is 2.15. The number of nitrogens with one attached hydrogen (secondary N) is 1. The molecule has 0 atom stereocenters. The van der Waals surface area contributed by atoms with Gasteiger partial charge in [-0.1, -0.05) is 30.0 Å². The SMILES string of the molecule is CCOCn1cc(-c2c(C(=O)OCC)[nH]c3ccccc23)nc1SC. The molecule has 0 aliphatic heterocycles. The molecular formula is C18H21N3O3S. The van der Waals surface area contributed by atoms with E-state index in [-0.39, 0.29) is 5.97 Å². The first-order chi connectivity index (χ1) is 12.2. The second-order valence-corrected chi connectivity index (χ2v) is 6.12. The molecule has 0 bridgehead atoms. The number of thioether (sulfide) groups is 1. The topological polar surface area (TPSA) is 69.1 Å². The fourth-order valence-electron chi connectivity index (χ4n) is 2.73. The smallest absolute Gasteiger partial charge is 0.355 e. The van der Waals surface area contributed by atoms with E-state index in [1.165, 1.54) is 11.8 Å². The lowest BCUT2D eigenvalue weighted by molar-refractivity contribution is 0.0521. The second-order valence-electron chi connectivity index (χ2n) is 5.35. The Morgan fingerprint density at radius 1 is 1.28 bits per heavy atom. The number of aromatic amines is 1. The van der Waals surface area contributed by atoms with Gasteiger partial charge in [0.1, 0.15) is 12.4 Å². The zero-order valence-corrected chi connectivity index (χ0v) is 15.4. The van der Waals surface area contributed by atoms with Crippen LogP contribution in [0.1, 0.15) is 24.3 Å². The lowest BCUT2D eigenvalue weighted by Gasteiger charge is -2.04. The van der Waals surface area contributed by atoms with Crippen LogP contribution in [0.4, 0.5) is 0 Å². The van der Waals surface area contributed by atoms with Crippen LogP contribution in [-0.4, -0.2) is 40.0 Å². The van der Waals surface area contributed by atoms with Crippen LogP contribution >= 0.6 is 11.8 Å². The molecule has 132 valence electrons. The van der Waals surface area contributed by atoms with Crippen molar-refractivity contribution in [1.82, 2.24) is 14.5 Å². The Labute approximate surface area is 150 Å². The van der Waals surface area contributed by atoms with Gasteiger partial charge in [-0.05, 0) is 26.2 Å². The first kappa shape index (κ1) is 17.6. The van der Waals surface area contributed by atoms with E-state index >= 15 is 0 Å². The number of fused-ring (bicyclic) bond motifs is 1. The van der Waals surface area contributed by atoms with Gasteiger partial charge in [-0.2, -0.15) is 0 Å². The van der Waals surface area contributed by atoms with Crippen LogP contribution in [0.5, 0.6) is 0 Å². The van der Waals surface area contributed by atoms with Crippen molar-refractivity contribution in [2.75, 3.05) is 19.5 Å². The summed E-state index contributed by atoms with van der Waals surface area (Å²) in [5.41, 5.74) is 2.80. The number of benzene rings is 1. The molecule has 3 rings (SSSR count). The Kier molecular flexibility index (Phi) is 5.45. The molecule has 0 saturated heterocycles. The number of H-pyrrole nitrogens is 1. The van der Waals surface area contributed by atoms with E-state index in [9.17, 15) is 4.79 Å². The summed E-state index contributed by atoms with van der Waals surface area (Å²) in [7, 11) is 0. The van der Waals surface area contributed by atoms with Crippen LogP contribution in [0, 0.1) is 0 Å². The van der Waals surface area contributed by atoms with Gasteiger partial charge >= 0.3 is 5.97 Å². The highest BCUT2D eigenvalue weighted by molar-refractivity contribution is 7.98. The maximum absolute atomic E-state index is 12.4. The Bertz CT molecular complexity index is 885. The molecule has 1 N–H and O–H groups in total. The minimum absolute atomic E-state index is 0.322. The van der Waals surface area contributed by atoms with Crippen molar-refractivity contribution in [3.63, 3.8) is 0 Å². The fourth-order valence-corrected chi connectivity index (χ4v) is 3.26. The summed E-state index contributed by atoms with van der Waals surface area (Å²) in [6.07, 6.45) is 3.88. The number of carbonyl (C=O) groups is 1. The standard InChI is InChI=1S/C18H21N3O3S/c1-4-23-11-21-10-14(20-18(21)25-3)15-12-8-6-7-9-13(12)19-16(15)17(22)24-5-2/h6-10,19H,4-5,11H2,1-3H3. The van der Waals surface area contributed by atoms with Gasteiger partial charge in [0, 0.05) is 29.3 Å². The lowest BCUT2D eigenvalue weighted by Crippen LogP contribution is -2.06. The van der Waals surface area contributed by atoms with Gasteiger partial charge in [-0.15, -0.1) is 0 Å². The highest BCUT2D eigenvalue weighted by atomic mass is 32.2. The van der Waals surface area contributed by atoms with Gasteiger partial charge in [0.05, 0.1) is 12.3 Å². The number of hydrogen-bond acceptors (Lipinski definition) is 5. The number of aromatic nitrogens is 3. The summed E-state index contributed by atoms with van der Waals surface area (Å²) in [6, 6.07) is 7.79. The quantitative estimate of drug-likeness (QED) is 0.511. The highest BCUT2D eigenvalue weighted by Crippen LogP contribution is 2.33.